The first-order chi connectivity index (χ1) is 13.0. The van der Waals surface area contributed by atoms with Gasteiger partial charge in [0.15, 0.2) is 0 Å². The molecule has 0 unspecified atom stereocenters. The first kappa shape index (κ1) is 17.3. The Balaban J connectivity index is 1.67. The summed E-state index contributed by atoms with van der Waals surface area (Å²) in [5.74, 6) is 0.667. The average Bonchev–Trinajstić information content (AvgIpc) is 3.40. The normalized spacial score (nSPS) is 13.6. The van der Waals surface area contributed by atoms with Gasteiger partial charge in [-0.05, 0) is 60.7 Å². The van der Waals surface area contributed by atoms with Crippen LogP contribution in [0.1, 0.15) is 28.8 Å². The third kappa shape index (κ3) is 3.58. The summed E-state index contributed by atoms with van der Waals surface area (Å²) in [6.07, 6.45) is 4.02. The van der Waals surface area contributed by atoms with Gasteiger partial charge < -0.3 is 10.1 Å². The number of aryl methyl sites for hydroxylation is 1. The second kappa shape index (κ2) is 6.91. The van der Waals surface area contributed by atoms with Crippen LogP contribution in [0, 0.1) is 6.92 Å². The lowest BCUT2D eigenvalue weighted by molar-refractivity contribution is 0.0951. The summed E-state index contributed by atoms with van der Waals surface area (Å²) in [5, 5.41) is 8.54. The number of amides is 1. The maximum Gasteiger partial charge on any atom is 0.251 e. The van der Waals surface area contributed by atoms with E-state index in [1.54, 1.807) is 7.11 Å². The predicted molar refractivity (Wildman–Crippen MR) is 107 cm³/mol. The van der Waals surface area contributed by atoms with E-state index < -0.39 is 0 Å². The number of methoxy groups -OCH3 is 1. The largest absolute Gasteiger partial charge is 0.500 e. The number of ether oxygens (including phenoxy) is 1. The second-order valence-electron chi connectivity index (χ2n) is 7.10. The van der Waals surface area contributed by atoms with Crippen LogP contribution in [0.4, 0.5) is 0 Å². The highest BCUT2D eigenvalue weighted by Crippen LogP contribution is 2.29. The van der Waals surface area contributed by atoms with Crippen molar-refractivity contribution in [2.24, 2.45) is 0 Å². The van der Waals surface area contributed by atoms with Crippen molar-refractivity contribution < 1.29 is 9.53 Å². The summed E-state index contributed by atoms with van der Waals surface area (Å²) in [4.78, 5) is 12.4. The minimum absolute atomic E-state index is 0.00530. The molecule has 0 radical (unpaired) electrons. The molecular weight excluding hydrogens is 338 g/mol. The van der Waals surface area contributed by atoms with Crippen LogP contribution in [-0.4, -0.2) is 28.8 Å². The van der Waals surface area contributed by atoms with Crippen LogP contribution in [0.5, 0.6) is 0 Å². The number of carbonyl (C=O) groups excluding carboxylic acids is 1. The number of rotatable bonds is 6. The number of nitrogens with one attached hydrogen (secondary N) is 1. The molecule has 1 amide bonds. The smallest absolute Gasteiger partial charge is 0.251 e. The minimum atomic E-state index is 0.00530. The Morgan fingerprint density at radius 1 is 1.30 bits per heavy atom. The Morgan fingerprint density at radius 2 is 2.11 bits per heavy atom. The third-order valence-electron chi connectivity index (χ3n) is 4.98. The molecule has 1 aromatic heterocycles. The monoisotopic (exact) mass is 361 g/mol. The van der Waals surface area contributed by atoms with E-state index in [4.69, 9.17) is 4.74 Å². The molecule has 27 heavy (non-hydrogen) atoms. The first-order valence-electron chi connectivity index (χ1n) is 9.14. The van der Waals surface area contributed by atoms with Crippen molar-refractivity contribution in [1.29, 1.82) is 0 Å². The third-order valence-corrected chi connectivity index (χ3v) is 4.98. The molecule has 1 N–H and O–H groups in total. The van der Waals surface area contributed by atoms with E-state index in [-0.39, 0.29) is 5.91 Å². The number of hydrogen-bond acceptors (Lipinski definition) is 3. The van der Waals surface area contributed by atoms with Crippen molar-refractivity contribution in [3.05, 3.63) is 66.1 Å². The predicted octanol–water partition coefficient (Wildman–Crippen LogP) is 4.06. The average molecular weight is 361 g/mol. The number of nitrogens with zero attached hydrogens (tertiary/aromatic N) is 2. The zero-order valence-corrected chi connectivity index (χ0v) is 15.7. The summed E-state index contributed by atoms with van der Waals surface area (Å²) in [6.45, 7) is 6.45. The minimum Gasteiger partial charge on any atom is -0.500 e. The molecular formula is C22H23N3O2. The van der Waals surface area contributed by atoms with Gasteiger partial charge in [0.25, 0.3) is 5.91 Å². The van der Waals surface area contributed by atoms with Crippen LogP contribution in [0.25, 0.3) is 22.0 Å². The van der Waals surface area contributed by atoms with Crippen molar-refractivity contribution in [3.63, 3.8) is 0 Å². The van der Waals surface area contributed by atoms with E-state index in [0.29, 0.717) is 23.9 Å². The molecule has 5 nitrogen and oxygen atoms in total. The number of carbonyl (C=O) groups is 1. The molecule has 0 atom stereocenters. The lowest BCUT2D eigenvalue weighted by atomic mass is 9.97. The van der Waals surface area contributed by atoms with Gasteiger partial charge in [0, 0.05) is 17.0 Å². The van der Waals surface area contributed by atoms with Crippen molar-refractivity contribution in [2.45, 2.75) is 32.4 Å². The summed E-state index contributed by atoms with van der Waals surface area (Å²) in [6, 6.07) is 12.5. The Morgan fingerprint density at radius 3 is 2.85 bits per heavy atom. The fraction of sp³-hybridized carbons (Fsp3) is 0.273. The molecule has 1 aliphatic rings. The van der Waals surface area contributed by atoms with Gasteiger partial charge in [-0.3, -0.25) is 9.48 Å². The van der Waals surface area contributed by atoms with E-state index in [2.05, 4.69) is 42.1 Å². The van der Waals surface area contributed by atoms with E-state index in [1.165, 1.54) is 0 Å². The van der Waals surface area contributed by atoms with Crippen LogP contribution >= 0.6 is 0 Å². The molecule has 0 saturated heterocycles. The van der Waals surface area contributed by atoms with Gasteiger partial charge in [-0.25, -0.2) is 0 Å². The number of aromatic nitrogens is 2. The number of benzene rings is 2. The van der Waals surface area contributed by atoms with E-state index in [9.17, 15) is 4.79 Å². The zero-order valence-electron chi connectivity index (χ0n) is 15.7. The van der Waals surface area contributed by atoms with Crippen LogP contribution in [0.2, 0.25) is 0 Å². The van der Waals surface area contributed by atoms with Gasteiger partial charge in [-0.1, -0.05) is 18.7 Å². The molecule has 1 aliphatic carbocycles. The van der Waals surface area contributed by atoms with Gasteiger partial charge in [0.1, 0.15) is 5.76 Å². The maximum atomic E-state index is 12.4. The summed E-state index contributed by atoms with van der Waals surface area (Å²) < 4.78 is 7.03. The highest BCUT2D eigenvalue weighted by atomic mass is 16.5. The summed E-state index contributed by atoms with van der Waals surface area (Å²) in [5.41, 5.74) is 5.00. The van der Waals surface area contributed by atoms with E-state index in [1.807, 2.05) is 29.1 Å². The van der Waals surface area contributed by atoms with Gasteiger partial charge in [0.05, 0.1) is 25.4 Å². The van der Waals surface area contributed by atoms with Crippen LogP contribution in [-0.2, 0) is 11.3 Å². The van der Waals surface area contributed by atoms with Gasteiger partial charge >= 0.3 is 0 Å². The Hall–Kier alpha value is -3.08. The molecule has 1 heterocycles. The second-order valence-corrected chi connectivity index (χ2v) is 7.10. The molecule has 1 saturated carbocycles. The molecule has 0 spiro atoms. The SMILES string of the molecule is C=C(Cn1ncc2cc(-c3cc(C(=O)NC4CC4)ccc3C)ccc21)OC. The molecule has 0 aliphatic heterocycles. The fourth-order valence-corrected chi connectivity index (χ4v) is 3.18. The lowest BCUT2D eigenvalue weighted by Gasteiger charge is -2.10. The van der Waals surface area contributed by atoms with Crippen molar-refractivity contribution in [2.75, 3.05) is 7.11 Å². The molecule has 4 rings (SSSR count). The topological polar surface area (TPSA) is 56.2 Å². The van der Waals surface area contributed by atoms with Crippen LogP contribution in [0.3, 0.4) is 0 Å². The highest BCUT2D eigenvalue weighted by molar-refractivity contribution is 5.96. The van der Waals surface area contributed by atoms with E-state index >= 15 is 0 Å². The summed E-state index contributed by atoms with van der Waals surface area (Å²) in [7, 11) is 1.61. The van der Waals surface area contributed by atoms with Crippen molar-refractivity contribution in [1.82, 2.24) is 15.1 Å². The number of fused-ring (bicyclic) bond motifs is 1. The fourth-order valence-electron chi connectivity index (χ4n) is 3.18. The van der Waals surface area contributed by atoms with Gasteiger partial charge in [-0.2, -0.15) is 5.10 Å². The summed E-state index contributed by atoms with van der Waals surface area (Å²) >= 11 is 0. The van der Waals surface area contributed by atoms with Crippen LogP contribution < -0.4 is 5.32 Å². The van der Waals surface area contributed by atoms with E-state index in [0.717, 1.165) is 40.4 Å². The quantitative estimate of drug-likeness (QED) is 0.674. The molecule has 5 heteroatoms. The molecule has 3 aromatic rings. The highest BCUT2D eigenvalue weighted by Gasteiger charge is 2.24. The lowest BCUT2D eigenvalue weighted by Crippen LogP contribution is -2.25. The molecule has 138 valence electrons. The number of allylic oxidation sites excluding steroid dienone is 1. The standard InChI is InChI=1S/C22H23N3O2/c1-14-4-5-17(22(26)24-19-7-8-19)11-20(14)16-6-9-21-18(10-16)12-23-25(21)13-15(2)27-3/h4-6,9-12,19H,2,7-8,13H2,1,3H3,(H,24,26). The molecule has 1 fully saturated rings. The van der Waals surface area contributed by atoms with Crippen LogP contribution in [0.15, 0.2) is 54.9 Å². The molecule has 0 bridgehead atoms. The Bertz CT molecular complexity index is 1030. The first-order valence-corrected chi connectivity index (χ1v) is 9.14. The molecule has 2 aromatic carbocycles. The van der Waals surface area contributed by atoms with Gasteiger partial charge in [-0.15, -0.1) is 0 Å². The Kier molecular flexibility index (Phi) is 4.44. The van der Waals surface area contributed by atoms with Gasteiger partial charge in [0.2, 0.25) is 0 Å². The number of hydrogen-bond donors (Lipinski definition) is 1. The van der Waals surface area contributed by atoms with Crippen molar-refractivity contribution >= 4 is 16.8 Å². The zero-order chi connectivity index (χ0) is 19.0. The van der Waals surface area contributed by atoms with Crippen molar-refractivity contribution in [3.8, 4) is 11.1 Å². The Labute approximate surface area is 158 Å². The maximum absolute atomic E-state index is 12.4.